The van der Waals surface area contributed by atoms with Crippen LogP contribution in [0.4, 0.5) is 5.69 Å². The predicted octanol–water partition coefficient (Wildman–Crippen LogP) is 6.60. The highest BCUT2D eigenvalue weighted by Gasteiger charge is 2.26. The average molecular weight is 578 g/mol. The number of benzene rings is 3. The summed E-state index contributed by atoms with van der Waals surface area (Å²) in [6.45, 7) is 0.275. The first-order chi connectivity index (χ1) is 16.7. The van der Waals surface area contributed by atoms with Crippen LogP contribution in [-0.4, -0.2) is 23.9 Å². The van der Waals surface area contributed by atoms with Crippen molar-refractivity contribution in [3.05, 3.63) is 102 Å². The molecule has 0 aromatic heterocycles. The van der Waals surface area contributed by atoms with Crippen LogP contribution in [-0.2, 0) is 16.1 Å². The number of hydrogen-bond acceptors (Lipinski definition) is 7. The summed E-state index contributed by atoms with van der Waals surface area (Å²) in [5, 5.41) is 11.4. The van der Waals surface area contributed by atoms with E-state index in [-0.39, 0.29) is 39.5 Å². The van der Waals surface area contributed by atoms with Gasteiger partial charge in [-0.3, -0.25) is 10.1 Å². The zero-order chi connectivity index (χ0) is 25.1. The summed E-state index contributed by atoms with van der Waals surface area (Å²) in [7, 11) is 1.47. The first-order valence-corrected chi connectivity index (χ1v) is 11.5. The summed E-state index contributed by atoms with van der Waals surface area (Å²) in [5.41, 5.74) is 1.36. The summed E-state index contributed by atoms with van der Waals surface area (Å²) in [5.74, 6) is -0.0759. The first kappa shape index (κ1) is 24.7. The standard InChI is InChI=1S/C24H15BrCl2N2O6/c1-33-21-10-14(8-18(27)22(21)34-12-13-2-5-16(25)6-3-13)9-19-24(30)35-23(28-19)15-4-7-17(26)20(11-15)29(31)32/h2-11H,12H2,1H3/b19-9-. The van der Waals surface area contributed by atoms with E-state index in [1.807, 2.05) is 24.3 Å². The van der Waals surface area contributed by atoms with Gasteiger partial charge < -0.3 is 14.2 Å². The van der Waals surface area contributed by atoms with Gasteiger partial charge >= 0.3 is 5.97 Å². The van der Waals surface area contributed by atoms with Crippen LogP contribution in [0, 0.1) is 10.1 Å². The molecule has 1 aliphatic heterocycles. The topological polar surface area (TPSA) is 100 Å². The molecule has 0 radical (unpaired) electrons. The predicted molar refractivity (Wildman–Crippen MR) is 135 cm³/mol. The number of nitro benzene ring substituents is 1. The third kappa shape index (κ3) is 5.64. The number of rotatable bonds is 7. The van der Waals surface area contributed by atoms with Crippen LogP contribution in [0.25, 0.3) is 6.08 Å². The molecule has 0 fully saturated rings. The Kier molecular flexibility index (Phi) is 7.39. The van der Waals surface area contributed by atoms with E-state index in [2.05, 4.69) is 20.9 Å². The lowest BCUT2D eigenvalue weighted by Gasteiger charge is -2.13. The molecule has 11 heteroatoms. The molecule has 0 unspecified atom stereocenters. The monoisotopic (exact) mass is 576 g/mol. The van der Waals surface area contributed by atoms with Crippen molar-refractivity contribution in [2.75, 3.05) is 7.11 Å². The third-order valence-electron chi connectivity index (χ3n) is 4.86. The van der Waals surface area contributed by atoms with Crippen molar-refractivity contribution in [2.45, 2.75) is 6.61 Å². The van der Waals surface area contributed by atoms with Crippen molar-refractivity contribution < 1.29 is 23.9 Å². The molecule has 4 rings (SSSR count). The molecule has 8 nitrogen and oxygen atoms in total. The van der Waals surface area contributed by atoms with E-state index >= 15 is 0 Å². The van der Waals surface area contributed by atoms with Gasteiger partial charge in [-0.2, -0.15) is 0 Å². The van der Waals surface area contributed by atoms with Crippen molar-refractivity contribution in [3.8, 4) is 11.5 Å². The molecule has 0 atom stereocenters. The summed E-state index contributed by atoms with van der Waals surface area (Å²) in [6.07, 6.45) is 1.46. The lowest BCUT2D eigenvalue weighted by molar-refractivity contribution is -0.384. The van der Waals surface area contributed by atoms with Crippen LogP contribution >= 0.6 is 39.1 Å². The molecular weight excluding hydrogens is 563 g/mol. The van der Waals surface area contributed by atoms with Crippen molar-refractivity contribution in [3.63, 3.8) is 0 Å². The number of halogens is 3. The number of carbonyl (C=O) groups is 1. The third-order valence-corrected chi connectivity index (χ3v) is 5.99. The summed E-state index contributed by atoms with van der Waals surface area (Å²) >= 11 is 15.7. The van der Waals surface area contributed by atoms with E-state index in [1.165, 1.54) is 31.4 Å². The number of hydrogen-bond donors (Lipinski definition) is 0. The van der Waals surface area contributed by atoms with E-state index in [4.69, 9.17) is 37.4 Å². The van der Waals surface area contributed by atoms with Crippen molar-refractivity contribution in [1.29, 1.82) is 0 Å². The molecule has 0 aliphatic carbocycles. The number of nitro groups is 1. The summed E-state index contributed by atoms with van der Waals surface area (Å²) in [6, 6.07) is 14.9. The maximum absolute atomic E-state index is 12.4. The van der Waals surface area contributed by atoms with Crippen LogP contribution in [0.2, 0.25) is 10.0 Å². The van der Waals surface area contributed by atoms with Gasteiger partial charge in [0.05, 0.1) is 17.1 Å². The molecule has 0 saturated heterocycles. The van der Waals surface area contributed by atoms with Crippen LogP contribution in [0.5, 0.6) is 11.5 Å². The molecule has 35 heavy (non-hydrogen) atoms. The zero-order valence-corrected chi connectivity index (χ0v) is 21.1. The van der Waals surface area contributed by atoms with E-state index < -0.39 is 10.9 Å². The Morgan fingerprint density at radius 2 is 1.86 bits per heavy atom. The highest BCUT2D eigenvalue weighted by atomic mass is 79.9. The fourth-order valence-electron chi connectivity index (χ4n) is 3.18. The van der Waals surface area contributed by atoms with E-state index in [1.54, 1.807) is 12.1 Å². The van der Waals surface area contributed by atoms with Gasteiger partial charge in [-0.05, 0) is 53.6 Å². The van der Waals surface area contributed by atoms with Gasteiger partial charge in [0.1, 0.15) is 11.6 Å². The Morgan fingerprint density at radius 3 is 2.54 bits per heavy atom. The second-order valence-electron chi connectivity index (χ2n) is 7.21. The van der Waals surface area contributed by atoms with Crippen LogP contribution in [0.1, 0.15) is 16.7 Å². The molecule has 1 heterocycles. The van der Waals surface area contributed by atoms with Gasteiger partial charge in [-0.1, -0.05) is 51.3 Å². The van der Waals surface area contributed by atoms with Crippen LogP contribution in [0.15, 0.2) is 69.8 Å². The fourth-order valence-corrected chi connectivity index (χ4v) is 3.90. The highest BCUT2D eigenvalue weighted by Crippen LogP contribution is 2.38. The largest absolute Gasteiger partial charge is 0.493 e. The van der Waals surface area contributed by atoms with Gasteiger partial charge in [0.2, 0.25) is 5.90 Å². The Morgan fingerprint density at radius 1 is 1.11 bits per heavy atom. The Bertz CT molecular complexity index is 1390. The molecule has 0 bridgehead atoms. The fraction of sp³-hybridized carbons (Fsp3) is 0.0833. The number of esters is 1. The molecule has 0 N–H and O–H groups in total. The molecule has 3 aromatic rings. The van der Waals surface area contributed by atoms with E-state index in [0.717, 1.165) is 10.0 Å². The van der Waals surface area contributed by atoms with Gasteiger partial charge in [0.15, 0.2) is 17.2 Å². The van der Waals surface area contributed by atoms with Gasteiger partial charge in [-0.25, -0.2) is 9.79 Å². The smallest absolute Gasteiger partial charge is 0.363 e. The minimum absolute atomic E-state index is 0.0146. The number of ether oxygens (including phenoxy) is 3. The van der Waals surface area contributed by atoms with Crippen LogP contribution in [0.3, 0.4) is 0 Å². The molecule has 3 aromatic carbocycles. The number of methoxy groups -OCH3 is 1. The van der Waals surface area contributed by atoms with Crippen molar-refractivity contribution in [2.24, 2.45) is 4.99 Å². The Balaban J connectivity index is 1.60. The van der Waals surface area contributed by atoms with Crippen LogP contribution < -0.4 is 9.47 Å². The average Bonchev–Trinajstić information content (AvgIpc) is 3.19. The van der Waals surface area contributed by atoms with Crippen molar-refractivity contribution >= 4 is 62.8 Å². The maximum atomic E-state index is 12.4. The number of carbonyl (C=O) groups excluding carboxylic acids is 1. The lowest BCUT2D eigenvalue weighted by Crippen LogP contribution is -2.06. The second-order valence-corrected chi connectivity index (χ2v) is 8.94. The maximum Gasteiger partial charge on any atom is 0.363 e. The highest BCUT2D eigenvalue weighted by molar-refractivity contribution is 9.10. The van der Waals surface area contributed by atoms with Gasteiger partial charge in [0.25, 0.3) is 5.69 Å². The van der Waals surface area contributed by atoms with Gasteiger partial charge in [-0.15, -0.1) is 0 Å². The quantitative estimate of drug-likeness (QED) is 0.136. The van der Waals surface area contributed by atoms with E-state index in [0.29, 0.717) is 17.1 Å². The summed E-state index contributed by atoms with van der Waals surface area (Å²) in [4.78, 5) is 27.1. The SMILES string of the molecule is COc1cc(/C=C2\N=C(c3ccc(Cl)c([N+](=O)[O-])c3)OC2=O)cc(Cl)c1OCc1ccc(Br)cc1. The van der Waals surface area contributed by atoms with Gasteiger partial charge in [0, 0.05) is 16.1 Å². The molecule has 0 spiro atoms. The minimum Gasteiger partial charge on any atom is -0.493 e. The second kappa shape index (κ2) is 10.5. The number of nitrogens with zero attached hydrogens (tertiary/aromatic N) is 2. The first-order valence-electron chi connectivity index (χ1n) is 9.97. The molecule has 0 saturated carbocycles. The summed E-state index contributed by atoms with van der Waals surface area (Å²) < 4.78 is 17.5. The number of aliphatic imine (C=N–C) groups is 1. The van der Waals surface area contributed by atoms with Crippen molar-refractivity contribution in [1.82, 2.24) is 0 Å². The Labute approximate surface area is 218 Å². The zero-order valence-electron chi connectivity index (χ0n) is 18.0. The van der Waals surface area contributed by atoms with E-state index in [9.17, 15) is 14.9 Å². The molecule has 1 aliphatic rings. The molecule has 178 valence electrons. The minimum atomic E-state index is -0.719. The lowest BCUT2D eigenvalue weighted by atomic mass is 10.1. The molecule has 0 amide bonds. The Hall–Kier alpha value is -3.40. The molecular formula is C24H15BrCl2N2O6. The normalized spacial score (nSPS) is 14.0. The number of cyclic esters (lactones) is 1.